The van der Waals surface area contributed by atoms with Crippen LogP contribution in [0.5, 0.6) is 0 Å². The molecule has 0 saturated heterocycles. The number of hydrogen-bond acceptors (Lipinski definition) is 4. The standard InChI is InChI=1S/C42H27F2NO2S/c1-22-16-23(2)38(24(3)17-22)45-37-11-7-6-10-35(37)42(33-14-12-25(43)18-30(33)31-19-26(44)13-15-34(31)42)36-21-27(48-41(36)45)20-32-39(46)28-8-4-5-9-29(28)40(32)47/h4-21H,1-3H3. The molecule has 0 bridgehead atoms. The molecule has 3 nitrogen and oxygen atoms in total. The number of fused-ring (bicyclic) bond motifs is 10. The van der Waals surface area contributed by atoms with Crippen LogP contribution in [0.2, 0.25) is 0 Å². The minimum absolute atomic E-state index is 0.131. The number of allylic oxidation sites excluding steroid dienone is 1. The highest BCUT2D eigenvalue weighted by Gasteiger charge is 2.53. The highest BCUT2D eigenvalue weighted by atomic mass is 32.1. The molecular weight excluding hydrogens is 621 g/mol. The summed E-state index contributed by atoms with van der Waals surface area (Å²) in [5.74, 6) is -1.37. The van der Waals surface area contributed by atoms with Crippen LogP contribution in [0.15, 0.2) is 109 Å². The van der Waals surface area contributed by atoms with Crippen molar-refractivity contribution in [2.24, 2.45) is 0 Å². The summed E-state index contributed by atoms with van der Waals surface area (Å²) in [4.78, 5) is 30.1. The number of nitrogens with zero attached hydrogens (tertiary/aromatic N) is 1. The highest BCUT2D eigenvalue weighted by Crippen LogP contribution is 2.65. The lowest BCUT2D eigenvalue weighted by Crippen LogP contribution is -2.35. The van der Waals surface area contributed by atoms with Gasteiger partial charge in [-0.3, -0.25) is 9.59 Å². The van der Waals surface area contributed by atoms with Crippen molar-refractivity contribution in [3.8, 4) is 11.1 Å². The molecule has 1 spiro atoms. The van der Waals surface area contributed by atoms with Gasteiger partial charge in [-0.15, -0.1) is 11.3 Å². The molecule has 0 amide bonds. The fourth-order valence-corrected chi connectivity index (χ4v) is 9.48. The second kappa shape index (κ2) is 10.0. The van der Waals surface area contributed by atoms with Crippen molar-refractivity contribution >= 4 is 45.4 Å². The topological polar surface area (TPSA) is 37.4 Å². The van der Waals surface area contributed by atoms with Crippen LogP contribution in [0.1, 0.15) is 64.5 Å². The first-order valence-electron chi connectivity index (χ1n) is 15.8. The number of para-hydroxylation sites is 1. The molecule has 0 fully saturated rings. The smallest absolute Gasteiger partial charge is 0.197 e. The van der Waals surface area contributed by atoms with Crippen molar-refractivity contribution in [1.82, 2.24) is 0 Å². The Morgan fingerprint density at radius 2 is 1.19 bits per heavy atom. The van der Waals surface area contributed by atoms with Crippen molar-refractivity contribution in [2.45, 2.75) is 26.2 Å². The SMILES string of the molecule is Cc1cc(C)c(N2c3ccccc3C3(c4ccc(F)cc4-c4cc(F)ccc43)c3cc(C=C4C(=O)c5ccccc5C4=O)sc32)c(C)c1. The predicted molar refractivity (Wildman–Crippen MR) is 187 cm³/mol. The van der Waals surface area contributed by atoms with E-state index in [1.165, 1.54) is 35.6 Å². The maximum atomic E-state index is 15.0. The van der Waals surface area contributed by atoms with Crippen LogP contribution in [-0.2, 0) is 5.41 Å². The van der Waals surface area contributed by atoms with Gasteiger partial charge < -0.3 is 4.90 Å². The maximum absolute atomic E-state index is 15.0. The van der Waals surface area contributed by atoms with E-state index in [1.54, 1.807) is 30.3 Å². The molecule has 9 rings (SSSR count). The number of anilines is 3. The van der Waals surface area contributed by atoms with Crippen LogP contribution < -0.4 is 4.90 Å². The molecule has 0 saturated carbocycles. The van der Waals surface area contributed by atoms with Crippen molar-refractivity contribution in [3.63, 3.8) is 0 Å². The molecule has 6 heteroatoms. The fraction of sp³-hybridized carbons (Fsp3) is 0.0952. The second-order valence-electron chi connectivity index (χ2n) is 12.9. The van der Waals surface area contributed by atoms with Gasteiger partial charge in [-0.05, 0) is 102 Å². The van der Waals surface area contributed by atoms with Gasteiger partial charge in [0, 0.05) is 21.6 Å². The zero-order valence-corrected chi connectivity index (χ0v) is 27.1. The van der Waals surface area contributed by atoms with E-state index in [1.807, 2.05) is 24.3 Å². The third kappa shape index (κ3) is 3.72. The average molecular weight is 648 g/mol. The van der Waals surface area contributed by atoms with Gasteiger partial charge in [0.05, 0.1) is 22.4 Å². The molecule has 1 aliphatic heterocycles. The van der Waals surface area contributed by atoms with E-state index in [9.17, 15) is 18.4 Å². The van der Waals surface area contributed by atoms with E-state index in [0.717, 1.165) is 60.2 Å². The summed E-state index contributed by atoms with van der Waals surface area (Å²) in [6, 6.07) is 31.1. The summed E-state index contributed by atoms with van der Waals surface area (Å²) >= 11 is 1.51. The van der Waals surface area contributed by atoms with Gasteiger partial charge in [0.2, 0.25) is 0 Å². The third-order valence-corrected chi connectivity index (χ3v) is 11.1. The fourth-order valence-electron chi connectivity index (χ4n) is 8.30. The Labute approximate surface area is 280 Å². The number of Topliss-reactive ketones (excluding diaryl/α,β-unsaturated/α-hetero) is 2. The molecule has 3 aliphatic rings. The first-order chi connectivity index (χ1) is 23.2. The number of ketones is 2. The van der Waals surface area contributed by atoms with Gasteiger partial charge >= 0.3 is 0 Å². The molecule has 2 heterocycles. The van der Waals surface area contributed by atoms with E-state index in [4.69, 9.17) is 0 Å². The third-order valence-electron chi connectivity index (χ3n) is 10.0. The molecule has 232 valence electrons. The largest absolute Gasteiger partial charge is 0.301 e. The van der Waals surface area contributed by atoms with E-state index in [-0.39, 0.29) is 17.1 Å². The molecule has 0 N–H and O–H groups in total. The summed E-state index contributed by atoms with van der Waals surface area (Å²) in [6.45, 7) is 6.30. The van der Waals surface area contributed by atoms with Crippen LogP contribution in [-0.4, -0.2) is 11.6 Å². The number of benzene rings is 5. The Hall–Kier alpha value is -5.46. The quantitative estimate of drug-likeness (QED) is 0.138. The number of hydrogen-bond donors (Lipinski definition) is 0. The average Bonchev–Trinajstić information content (AvgIpc) is 3.68. The molecule has 6 aromatic rings. The predicted octanol–water partition coefficient (Wildman–Crippen LogP) is 10.6. The Morgan fingerprint density at radius 3 is 1.79 bits per heavy atom. The monoisotopic (exact) mass is 647 g/mol. The summed E-state index contributed by atoms with van der Waals surface area (Å²) in [5, 5.41) is 0.915. The van der Waals surface area contributed by atoms with Gasteiger partial charge in [0.1, 0.15) is 16.6 Å². The van der Waals surface area contributed by atoms with E-state index in [2.05, 4.69) is 56.0 Å². The van der Waals surface area contributed by atoms with Gasteiger partial charge in [-0.2, -0.15) is 0 Å². The maximum Gasteiger partial charge on any atom is 0.197 e. The van der Waals surface area contributed by atoms with Crippen molar-refractivity contribution in [2.75, 3.05) is 4.90 Å². The van der Waals surface area contributed by atoms with Gasteiger partial charge in [-0.1, -0.05) is 72.3 Å². The van der Waals surface area contributed by atoms with Crippen LogP contribution in [0, 0.1) is 32.4 Å². The number of rotatable bonds is 2. The number of carbonyl (C=O) groups excluding carboxylic acids is 2. The van der Waals surface area contributed by atoms with Crippen molar-refractivity contribution in [1.29, 1.82) is 0 Å². The Kier molecular flexibility index (Phi) is 6.00. The first kappa shape index (κ1) is 28.7. The highest BCUT2D eigenvalue weighted by molar-refractivity contribution is 7.17. The van der Waals surface area contributed by atoms with Gasteiger partial charge in [-0.25, -0.2) is 8.78 Å². The first-order valence-corrected chi connectivity index (χ1v) is 16.6. The van der Waals surface area contributed by atoms with Crippen LogP contribution >= 0.6 is 11.3 Å². The molecule has 2 aliphatic carbocycles. The van der Waals surface area contributed by atoms with Crippen LogP contribution in [0.25, 0.3) is 17.2 Å². The summed E-state index contributed by atoms with van der Waals surface area (Å²) in [7, 11) is 0. The number of aryl methyl sites for hydroxylation is 3. The molecule has 1 aromatic heterocycles. The van der Waals surface area contributed by atoms with Gasteiger partial charge in [0.25, 0.3) is 0 Å². The van der Waals surface area contributed by atoms with Crippen molar-refractivity contribution < 1.29 is 18.4 Å². The van der Waals surface area contributed by atoms with Crippen molar-refractivity contribution in [3.05, 3.63) is 175 Å². The van der Waals surface area contributed by atoms with E-state index < -0.39 is 17.0 Å². The molecule has 0 radical (unpaired) electrons. The lowest BCUT2D eigenvalue weighted by atomic mass is 9.66. The Morgan fingerprint density at radius 1 is 0.625 bits per heavy atom. The van der Waals surface area contributed by atoms with E-state index >= 15 is 0 Å². The summed E-state index contributed by atoms with van der Waals surface area (Å²) in [5.41, 5.74) is 10.3. The lowest BCUT2D eigenvalue weighted by molar-refractivity contribution is 0.0990. The zero-order chi connectivity index (χ0) is 33.1. The summed E-state index contributed by atoms with van der Waals surface area (Å²) in [6.07, 6.45) is 1.71. The zero-order valence-electron chi connectivity index (χ0n) is 26.3. The second-order valence-corrected chi connectivity index (χ2v) is 13.9. The minimum atomic E-state index is -0.916. The molecule has 0 unspecified atom stereocenters. The number of carbonyl (C=O) groups is 2. The Balaban J connectivity index is 1.39. The lowest BCUT2D eigenvalue weighted by Gasteiger charge is -2.44. The van der Waals surface area contributed by atoms with Crippen LogP contribution in [0.3, 0.4) is 0 Å². The number of thiophene rings is 1. The molecule has 48 heavy (non-hydrogen) atoms. The molecule has 5 aromatic carbocycles. The molecule has 0 atom stereocenters. The normalized spacial score (nSPS) is 14.9. The Bertz CT molecular complexity index is 2360. The summed E-state index contributed by atoms with van der Waals surface area (Å²) < 4.78 is 29.9. The van der Waals surface area contributed by atoms with Gasteiger partial charge in [0.15, 0.2) is 11.6 Å². The number of halogens is 2. The van der Waals surface area contributed by atoms with Crippen LogP contribution in [0.4, 0.5) is 25.2 Å². The van der Waals surface area contributed by atoms with E-state index in [0.29, 0.717) is 22.3 Å². The minimum Gasteiger partial charge on any atom is -0.301 e. The molecular formula is C42H27F2NO2S.